The van der Waals surface area contributed by atoms with Gasteiger partial charge in [-0.1, -0.05) is 43.7 Å². The molecule has 0 bridgehead atoms. The van der Waals surface area contributed by atoms with Crippen LogP contribution in [0.3, 0.4) is 0 Å². The Hall–Kier alpha value is -2.41. The Morgan fingerprint density at radius 3 is 2.61 bits per heavy atom. The number of hydrogen-bond donors (Lipinski definition) is 0. The summed E-state index contributed by atoms with van der Waals surface area (Å²) in [5.41, 5.74) is 1.10. The van der Waals surface area contributed by atoms with Crippen molar-refractivity contribution in [3.63, 3.8) is 0 Å². The number of ether oxygens (including phenoxy) is 2. The van der Waals surface area contributed by atoms with E-state index in [9.17, 15) is 4.21 Å². The SMILES string of the molecule is CCCCOS(=O)Oc1cccc(Oc2cccc3cc(COC)ccc23)c1. The number of benzene rings is 3. The van der Waals surface area contributed by atoms with Crippen molar-refractivity contribution in [3.05, 3.63) is 66.2 Å². The molecule has 1 atom stereocenters. The highest BCUT2D eigenvalue weighted by atomic mass is 32.2. The third kappa shape index (κ3) is 5.55. The molecule has 0 saturated carbocycles. The molecule has 0 aliphatic carbocycles. The number of rotatable bonds is 10. The second-order valence-electron chi connectivity index (χ2n) is 6.28. The van der Waals surface area contributed by atoms with Gasteiger partial charge in [-0.25, -0.2) is 0 Å². The van der Waals surface area contributed by atoms with Gasteiger partial charge in [0.25, 0.3) is 0 Å². The molecule has 0 aliphatic heterocycles. The predicted molar refractivity (Wildman–Crippen MR) is 111 cm³/mol. The van der Waals surface area contributed by atoms with E-state index in [0.29, 0.717) is 24.7 Å². The first kappa shape index (κ1) is 20.3. The highest BCUT2D eigenvalue weighted by Crippen LogP contribution is 2.32. The number of unbranched alkanes of at least 4 members (excludes halogenated alkanes) is 1. The summed E-state index contributed by atoms with van der Waals surface area (Å²) in [6, 6.07) is 19.1. The Kier molecular flexibility index (Phi) is 7.42. The molecule has 0 saturated heterocycles. The first-order valence-corrected chi connectivity index (χ1v) is 10.2. The number of methoxy groups -OCH3 is 1. The van der Waals surface area contributed by atoms with E-state index in [1.807, 2.05) is 43.3 Å². The van der Waals surface area contributed by atoms with Crippen molar-refractivity contribution in [1.82, 2.24) is 0 Å². The molecule has 0 N–H and O–H groups in total. The lowest BCUT2D eigenvalue weighted by Gasteiger charge is -2.11. The van der Waals surface area contributed by atoms with Crippen molar-refractivity contribution in [2.45, 2.75) is 26.4 Å². The van der Waals surface area contributed by atoms with Gasteiger partial charge in [-0.05, 0) is 41.6 Å². The molecule has 5 nitrogen and oxygen atoms in total. The van der Waals surface area contributed by atoms with E-state index in [4.69, 9.17) is 17.8 Å². The van der Waals surface area contributed by atoms with Crippen LogP contribution in [-0.2, 0) is 26.9 Å². The zero-order valence-electron chi connectivity index (χ0n) is 16.1. The van der Waals surface area contributed by atoms with Crippen LogP contribution >= 0.6 is 0 Å². The molecule has 0 fully saturated rings. The van der Waals surface area contributed by atoms with Crippen LogP contribution in [0.25, 0.3) is 10.8 Å². The van der Waals surface area contributed by atoms with E-state index in [-0.39, 0.29) is 0 Å². The molecule has 0 aliphatic rings. The molecule has 0 heterocycles. The van der Waals surface area contributed by atoms with E-state index in [1.165, 1.54) is 0 Å². The van der Waals surface area contributed by atoms with Crippen molar-refractivity contribution in [1.29, 1.82) is 0 Å². The molecule has 28 heavy (non-hydrogen) atoms. The number of fused-ring (bicyclic) bond motifs is 1. The third-order valence-electron chi connectivity index (χ3n) is 4.09. The largest absolute Gasteiger partial charge is 0.457 e. The molecule has 148 valence electrons. The fraction of sp³-hybridized carbons (Fsp3) is 0.273. The number of hydrogen-bond acceptors (Lipinski definition) is 5. The van der Waals surface area contributed by atoms with E-state index >= 15 is 0 Å². The Balaban J connectivity index is 1.74. The molecule has 6 heteroatoms. The minimum atomic E-state index is -1.82. The van der Waals surface area contributed by atoms with Crippen LogP contribution in [0.15, 0.2) is 60.7 Å². The molecule has 0 aromatic heterocycles. The fourth-order valence-electron chi connectivity index (χ4n) is 2.74. The van der Waals surface area contributed by atoms with Crippen molar-refractivity contribution < 1.29 is 22.0 Å². The van der Waals surface area contributed by atoms with E-state index in [2.05, 4.69) is 6.07 Å². The second kappa shape index (κ2) is 10.2. The summed E-state index contributed by atoms with van der Waals surface area (Å²) < 4.78 is 33.5. The van der Waals surface area contributed by atoms with Crippen LogP contribution in [0.4, 0.5) is 0 Å². The molecule has 0 amide bonds. The average molecular weight is 400 g/mol. The lowest BCUT2D eigenvalue weighted by molar-refractivity contribution is 0.185. The summed E-state index contributed by atoms with van der Waals surface area (Å²) in [4.78, 5) is 0. The molecular formula is C22H24O5S. The van der Waals surface area contributed by atoms with Gasteiger partial charge in [0.1, 0.15) is 17.2 Å². The molecule has 0 spiro atoms. The Morgan fingerprint density at radius 2 is 1.79 bits per heavy atom. The molecule has 1 unspecified atom stereocenters. The summed E-state index contributed by atoms with van der Waals surface area (Å²) in [5, 5.41) is 2.07. The predicted octanol–water partition coefficient (Wildman–Crippen LogP) is 5.55. The monoisotopic (exact) mass is 400 g/mol. The van der Waals surface area contributed by atoms with Crippen LogP contribution in [0.1, 0.15) is 25.3 Å². The maximum atomic E-state index is 11.8. The molecule has 3 aromatic rings. The summed E-state index contributed by atoms with van der Waals surface area (Å²) >= 11 is -1.82. The first-order valence-electron chi connectivity index (χ1n) is 9.21. The Labute approximate surface area is 168 Å². The summed E-state index contributed by atoms with van der Waals surface area (Å²) in [6.07, 6.45) is 1.81. The van der Waals surface area contributed by atoms with Crippen molar-refractivity contribution in [3.8, 4) is 17.2 Å². The Morgan fingerprint density at radius 1 is 0.964 bits per heavy atom. The highest BCUT2D eigenvalue weighted by molar-refractivity contribution is 7.75. The summed E-state index contributed by atoms with van der Waals surface area (Å²) in [5.74, 6) is 1.76. The highest BCUT2D eigenvalue weighted by Gasteiger charge is 2.08. The van der Waals surface area contributed by atoms with Gasteiger partial charge >= 0.3 is 11.4 Å². The van der Waals surface area contributed by atoms with Crippen molar-refractivity contribution in [2.75, 3.05) is 13.7 Å². The molecule has 3 aromatic carbocycles. The smallest absolute Gasteiger partial charge is 0.360 e. The first-order chi connectivity index (χ1) is 13.7. The van der Waals surface area contributed by atoms with Crippen LogP contribution in [0.2, 0.25) is 0 Å². The van der Waals surface area contributed by atoms with E-state index < -0.39 is 11.4 Å². The lowest BCUT2D eigenvalue weighted by atomic mass is 10.1. The maximum Gasteiger partial charge on any atom is 0.360 e. The quantitative estimate of drug-likeness (QED) is 0.418. The van der Waals surface area contributed by atoms with Crippen LogP contribution in [0, 0.1) is 0 Å². The second-order valence-corrected chi connectivity index (χ2v) is 7.10. The Bertz CT molecular complexity index is 941. The van der Waals surface area contributed by atoms with Gasteiger partial charge in [-0.15, -0.1) is 0 Å². The van der Waals surface area contributed by atoms with Gasteiger partial charge < -0.3 is 13.7 Å². The zero-order valence-corrected chi connectivity index (χ0v) is 16.9. The molecular weight excluding hydrogens is 376 g/mol. The minimum Gasteiger partial charge on any atom is -0.457 e. The van der Waals surface area contributed by atoms with Crippen LogP contribution in [-0.4, -0.2) is 17.9 Å². The van der Waals surface area contributed by atoms with Crippen molar-refractivity contribution in [2.24, 2.45) is 0 Å². The van der Waals surface area contributed by atoms with Gasteiger partial charge in [0.05, 0.1) is 13.2 Å². The topological polar surface area (TPSA) is 54.0 Å². The maximum absolute atomic E-state index is 11.8. The third-order valence-corrected chi connectivity index (χ3v) is 4.78. The van der Waals surface area contributed by atoms with Gasteiger partial charge in [0.2, 0.25) is 0 Å². The van der Waals surface area contributed by atoms with E-state index in [1.54, 1.807) is 25.3 Å². The van der Waals surface area contributed by atoms with Crippen LogP contribution < -0.4 is 8.92 Å². The zero-order chi connectivity index (χ0) is 19.8. The van der Waals surface area contributed by atoms with Gasteiger partial charge in [0, 0.05) is 18.6 Å². The minimum absolute atomic E-state index is 0.403. The van der Waals surface area contributed by atoms with E-state index in [0.717, 1.165) is 34.9 Å². The average Bonchev–Trinajstić information content (AvgIpc) is 2.69. The summed E-state index contributed by atoms with van der Waals surface area (Å²) in [7, 11) is 1.68. The standard InChI is InChI=1S/C22H24O5S/c1-3-4-13-25-28(23)27-20-9-6-8-19(15-20)26-22-10-5-7-18-14-17(16-24-2)11-12-21(18)22/h5-12,14-15H,3-4,13,16H2,1-2H3. The van der Waals surface area contributed by atoms with Gasteiger partial charge in [-0.2, -0.15) is 4.21 Å². The van der Waals surface area contributed by atoms with Gasteiger partial charge in [0.15, 0.2) is 0 Å². The normalized spacial score (nSPS) is 12.1. The van der Waals surface area contributed by atoms with Crippen molar-refractivity contribution >= 4 is 22.1 Å². The summed E-state index contributed by atoms with van der Waals surface area (Å²) in [6.45, 7) is 3.01. The fourth-order valence-corrected chi connectivity index (χ4v) is 3.30. The lowest BCUT2D eigenvalue weighted by Crippen LogP contribution is -2.06. The molecule has 0 radical (unpaired) electrons. The van der Waals surface area contributed by atoms with Gasteiger partial charge in [-0.3, -0.25) is 4.18 Å². The molecule has 3 rings (SSSR count). The van der Waals surface area contributed by atoms with Crippen LogP contribution in [0.5, 0.6) is 17.2 Å².